The van der Waals surface area contributed by atoms with Gasteiger partial charge < -0.3 is 5.32 Å². The maximum Gasteiger partial charge on any atom is 0.263 e. The van der Waals surface area contributed by atoms with Crippen molar-refractivity contribution >= 4 is 48.3 Å². The highest BCUT2D eigenvalue weighted by atomic mass is 32.2. The third-order valence-corrected chi connectivity index (χ3v) is 8.70. The molecule has 0 saturated carbocycles. The summed E-state index contributed by atoms with van der Waals surface area (Å²) in [5.74, 6) is -0.621. The molecule has 1 atom stereocenters. The van der Waals surface area contributed by atoms with E-state index in [1.165, 1.54) is 15.6 Å². The van der Waals surface area contributed by atoms with Crippen LogP contribution in [0.15, 0.2) is 65.6 Å². The Kier molecular flexibility index (Phi) is 5.35. The highest BCUT2D eigenvalue weighted by Crippen LogP contribution is 2.34. The van der Waals surface area contributed by atoms with Crippen LogP contribution < -0.4 is 9.62 Å². The number of para-hydroxylation sites is 2. The topological polar surface area (TPSA) is 79.4 Å². The molecule has 0 spiro atoms. The minimum atomic E-state index is -3.66. The number of allylic oxidation sites excluding steroid dienone is 2. The minimum absolute atomic E-state index is 0.186. The molecule has 0 saturated heterocycles. The molecule has 2 aromatic carbocycles. The lowest BCUT2D eigenvalue weighted by molar-refractivity contribution is -0.118. The zero-order valence-corrected chi connectivity index (χ0v) is 19.2. The van der Waals surface area contributed by atoms with Crippen molar-refractivity contribution in [1.82, 2.24) is 4.98 Å². The SMILES string of the molecule is Cc1cccc2sc(NC(=O)C3C=CC(S(=O)(=O)N4CCCc5ccccc54)=CC3)nc12. The fourth-order valence-corrected chi connectivity index (χ4v) is 6.77. The Hall–Kier alpha value is -2.97. The zero-order valence-electron chi connectivity index (χ0n) is 17.6. The number of sulfonamides is 1. The van der Waals surface area contributed by atoms with Crippen LogP contribution in [0.5, 0.6) is 0 Å². The molecule has 5 rings (SSSR count). The first-order valence-electron chi connectivity index (χ1n) is 10.6. The van der Waals surface area contributed by atoms with Gasteiger partial charge in [0.25, 0.3) is 10.0 Å². The van der Waals surface area contributed by atoms with Crippen molar-refractivity contribution in [3.63, 3.8) is 0 Å². The molecule has 1 N–H and O–H groups in total. The molecule has 2 aliphatic rings. The quantitative estimate of drug-likeness (QED) is 0.601. The number of nitrogens with zero attached hydrogens (tertiary/aromatic N) is 2. The molecule has 1 aliphatic carbocycles. The average Bonchev–Trinajstić information content (AvgIpc) is 3.22. The van der Waals surface area contributed by atoms with Gasteiger partial charge in [-0.2, -0.15) is 0 Å². The Bertz CT molecular complexity index is 1370. The number of anilines is 2. The number of benzene rings is 2. The first-order chi connectivity index (χ1) is 15.4. The maximum absolute atomic E-state index is 13.3. The number of rotatable bonds is 4. The van der Waals surface area contributed by atoms with Crippen LogP contribution in [0.2, 0.25) is 0 Å². The van der Waals surface area contributed by atoms with Gasteiger partial charge in [0.1, 0.15) is 0 Å². The molecular weight excluding hydrogens is 442 g/mol. The lowest BCUT2D eigenvalue weighted by Crippen LogP contribution is -2.36. The van der Waals surface area contributed by atoms with Gasteiger partial charge in [0.15, 0.2) is 5.13 Å². The Morgan fingerprint density at radius 2 is 2.03 bits per heavy atom. The Morgan fingerprint density at radius 3 is 2.81 bits per heavy atom. The van der Waals surface area contributed by atoms with Gasteiger partial charge in [0, 0.05) is 6.54 Å². The average molecular weight is 466 g/mol. The van der Waals surface area contributed by atoms with E-state index in [1.807, 2.05) is 49.4 Å². The van der Waals surface area contributed by atoms with Crippen LogP contribution in [0.3, 0.4) is 0 Å². The zero-order chi connectivity index (χ0) is 22.3. The highest BCUT2D eigenvalue weighted by molar-refractivity contribution is 7.96. The third-order valence-electron chi connectivity index (χ3n) is 5.91. The van der Waals surface area contributed by atoms with Crippen molar-refractivity contribution in [3.05, 3.63) is 76.7 Å². The van der Waals surface area contributed by atoms with E-state index in [2.05, 4.69) is 10.3 Å². The third kappa shape index (κ3) is 3.73. The number of nitrogens with one attached hydrogen (secondary N) is 1. The minimum Gasteiger partial charge on any atom is -0.301 e. The van der Waals surface area contributed by atoms with Crippen LogP contribution >= 0.6 is 11.3 Å². The number of carbonyl (C=O) groups excluding carboxylic acids is 1. The largest absolute Gasteiger partial charge is 0.301 e. The number of fused-ring (bicyclic) bond motifs is 2. The van der Waals surface area contributed by atoms with Gasteiger partial charge in [-0.15, -0.1) is 0 Å². The molecule has 1 aromatic heterocycles. The van der Waals surface area contributed by atoms with Crippen molar-refractivity contribution in [3.8, 4) is 0 Å². The van der Waals surface area contributed by atoms with Crippen molar-refractivity contribution in [2.24, 2.45) is 5.92 Å². The molecule has 32 heavy (non-hydrogen) atoms. The van der Waals surface area contributed by atoms with Gasteiger partial charge in [-0.05, 0) is 55.5 Å². The molecular formula is C24H23N3O3S2. The molecule has 164 valence electrons. The second kappa shape index (κ2) is 8.18. The summed E-state index contributed by atoms with van der Waals surface area (Å²) in [6.45, 7) is 2.45. The summed E-state index contributed by atoms with van der Waals surface area (Å²) >= 11 is 1.44. The Balaban J connectivity index is 1.31. The van der Waals surface area contributed by atoms with Crippen LogP contribution in [-0.4, -0.2) is 25.9 Å². The van der Waals surface area contributed by atoms with Crippen molar-refractivity contribution in [2.75, 3.05) is 16.2 Å². The Morgan fingerprint density at radius 1 is 1.19 bits per heavy atom. The molecule has 1 unspecified atom stereocenters. The number of aromatic nitrogens is 1. The van der Waals surface area contributed by atoms with E-state index in [0.717, 1.165) is 39.9 Å². The Labute approximate surface area is 191 Å². The van der Waals surface area contributed by atoms with Crippen LogP contribution in [0.4, 0.5) is 10.8 Å². The summed E-state index contributed by atoms with van der Waals surface area (Å²) in [5.41, 5.74) is 3.75. The van der Waals surface area contributed by atoms with Crippen LogP contribution in [0.25, 0.3) is 10.2 Å². The summed E-state index contributed by atoms with van der Waals surface area (Å²) < 4.78 is 29.1. The number of amides is 1. The second-order valence-electron chi connectivity index (χ2n) is 8.05. The highest BCUT2D eigenvalue weighted by Gasteiger charge is 2.31. The number of thiazole rings is 1. The lowest BCUT2D eigenvalue weighted by atomic mass is 10.0. The van der Waals surface area contributed by atoms with Gasteiger partial charge in [-0.25, -0.2) is 13.4 Å². The molecule has 6 nitrogen and oxygen atoms in total. The van der Waals surface area contributed by atoms with E-state index in [-0.39, 0.29) is 10.8 Å². The predicted molar refractivity (Wildman–Crippen MR) is 129 cm³/mol. The first kappa shape index (κ1) is 20.9. The monoisotopic (exact) mass is 465 g/mol. The van der Waals surface area contributed by atoms with Crippen molar-refractivity contribution in [2.45, 2.75) is 26.2 Å². The fourth-order valence-electron chi connectivity index (χ4n) is 4.20. The van der Waals surface area contributed by atoms with Gasteiger partial charge in [-0.3, -0.25) is 9.10 Å². The summed E-state index contributed by atoms with van der Waals surface area (Å²) in [6.07, 6.45) is 6.89. The van der Waals surface area contributed by atoms with Crippen LogP contribution in [0.1, 0.15) is 24.0 Å². The van der Waals surface area contributed by atoms with Crippen LogP contribution in [0, 0.1) is 12.8 Å². The van der Waals surface area contributed by atoms with Gasteiger partial charge in [0.05, 0.1) is 26.7 Å². The summed E-state index contributed by atoms with van der Waals surface area (Å²) in [5, 5.41) is 3.44. The van der Waals surface area contributed by atoms with E-state index in [1.54, 1.807) is 18.2 Å². The predicted octanol–water partition coefficient (Wildman–Crippen LogP) is 4.79. The van der Waals surface area contributed by atoms with Gasteiger partial charge >= 0.3 is 0 Å². The molecule has 1 aliphatic heterocycles. The smallest absolute Gasteiger partial charge is 0.263 e. The molecule has 3 aromatic rings. The molecule has 2 heterocycles. The van der Waals surface area contributed by atoms with Gasteiger partial charge in [0.2, 0.25) is 5.91 Å². The van der Waals surface area contributed by atoms with Crippen molar-refractivity contribution in [1.29, 1.82) is 0 Å². The molecule has 0 bridgehead atoms. The number of aryl methyl sites for hydroxylation is 2. The van der Waals surface area contributed by atoms with Gasteiger partial charge in [-0.1, -0.05) is 53.8 Å². The number of carbonyl (C=O) groups is 1. The summed E-state index contributed by atoms with van der Waals surface area (Å²) in [6, 6.07) is 13.6. The van der Waals surface area contributed by atoms with E-state index in [0.29, 0.717) is 18.1 Å². The first-order valence-corrected chi connectivity index (χ1v) is 12.9. The maximum atomic E-state index is 13.3. The van der Waals surface area contributed by atoms with E-state index in [4.69, 9.17) is 0 Å². The summed E-state index contributed by atoms with van der Waals surface area (Å²) in [7, 11) is -3.66. The molecule has 0 fully saturated rings. The molecule has 1 amide bonds. The van der Waals surface area contributed by atoms with E-state index < -0.39 is 15.9 Å². The van der Waals surface area contributed by atoms with Crippen LogP contribution in [-0.2, 0) is 21.2 Å². The standard InChI is InChI=1S/C24H23N3O3S2/c1-16-6-4-10-21-22(16)25-24(31-21)26-23(28)18-11-13-19(14-12-18)32(29,30)27-15-5-8-17-7-2-3-9-20(17)27/h2-4,6-7,9-11,13-14,18H,5,8,12,15H2,1H3,(H,25,26,28). The second-order valence-corrected chi connectivity index (χ2v) is 10.9. The lowest BCUT2D eigenvalue weighted by Gasteiger charge is -2.31. The molecule has 0 radical (unpaired) electrons. The van der Waals surface area contributed by atoms with E-state index in [9.17, 15) is 13.2 Å². The number of hydrogen-bond donors (Lipinski definition) is 1. The number of hydrogen-bond acceptors (Lipinski definition) is 5. The molecule has 8 heteroatoms. The van der Waals surface area contributed by atoms with E-state index >= 15 is 0 Å². The fraction of sp³-hybridized carbons (Fsp3) is 0.250. The van der Waals surface area contributed by atoms with Crippen molar-refractivity contribution < 1.29 is 13.2 Å². The summed E-state index contributed by atoms with van der Waals surface area (Å²) in [4.78, 5) is 17.5. The normalized spacial score (nSPS) is 18.3.